The van der Waals surface area contributed by atoms with Crippen molar-refractivity contribution in [3.8, 4) is 0 Å². The normalized spacial score (nSPS) is 11.0. The zero-order chi connectivity index (χ0) is 21.8. The molecule has 7 heteroatoms. The van der Waals surface area contributed by atoms with E-state index in [9.17, 15) is 9.59 Å². The SMILES string of the molecule is CN=C(NCCc1cccc(C(=O)N(C)C)c1)NCC(=O)NCCc1ccccc1. The van der Waals surface area contributed by atoms with Crippen LogP contribution < -0.4 is 16.0 Å². The predicted molar refractivity (Wildman–Crippen MR) is 121 cm³/mol. The van der Waals surface area contributed by atoms with Crippen LogP contribution in [0, 0.1) is 0 Å². The molecular formula is C23H31N5O2. The maximum atomic E-state index is 12.1. The molecule has 0 aliphatic rings. The van der Waals surface area contributed by atoms with Crippen LogP contribution >= 0.6 is 0 Å². The number of aliphatic imine (C=N–C) groups is 1. The van der Waals surface area contributed by atoms with E-state index in [1.807, 2.05) is 54.6 Å². The maximum absolute atomic E-state index is 12.1. The second-order valence-electron chi connectivity index (χ2n) is 7.09. The van der Waals surface area contributed by atoms with Gasteiger partial charge in [0.25, 0.3) is 5.91 Å². The molecule has 0 saturated carbocycles. The third-order valence-corrected chi connectivity index (χ3v) is 4.50. The zero-order valence-corrected chi connectivity index (χ0v) is 17.9. The Labute approximate surface area is 178 Å². The van der Waals surface area contributed by atoms with E-state index < -0.39 is 0 Å². The van der Waals surface area contributed by atoms with Crippen LogP contribution in [0.1, 0.15) is 21.5 Å². The largest absolute Gasteiger partial charge is 0.356 e. The molecule has 7 nitrogen and oxygen atoms in total. The third-order valence-electron chi connectivity index (χ3n) is 4.50. The minimum Gasteiger partial charge on any atom is -0.356 e. The molecule has 0 saturated heterocycles. The number of nitrogens with zero attached hydrogens (tertiary/aromatic N) is 2. The second-order valence-corrected chi connectivity index (χ2v) is 7.09. The molecule has 30 heavy (non-hydrogen) atoms. The first-order chi connectivity index (χ1) is 14.5. The van der Waals surface area contributed by atoms with Gasteiger partial charge in [-0.05, 0) is 36.1 Å². The Bertz CT molecular complexity index is 850. The van der Waals surface area contributed by atoms with Crippen LogP contribution in [0.5, 0.6) is 0 Å². The Hall–Kier alpha value is -3.35. The number of hydrogen-bond donors (Lipinski definition) is 3. The minimum atomic E-state index is -0.0798. The van der Waals surface area contributed by atoms with Crippen molar-refractivity contribution >= 4 is 17.8 Å². The van der Waals surface area contributed by atoms with Crippen LogP contribution in [-0.4, -0.2) is 63.5 Å². The average Bonchev–Trinajstić information content (AvgIpc) is 2.76. The second kappa shape index (κ2) is 12.3. The van der Waals surface area contributed by atoms with Gasteiger partial charge < -0.3 is 20.9 Å². The highest BCUT2D eigenvalue weighted by molar-refractivity contribution is 5.94. The number of rotatable bonds is 9. The van der Waals surface area contributed by atoms with Crippen molar-refractivity contribution in [2.45, 2.75) is 12.8 Å². The van der Waals surface area contributed by atoms with Gasteiger partial charge in [-0.2, -0.15) is 0 Å². The average molecular weight is 410 g/mol. The van der Waals surface area contributed by atoms with Crippen molar-refractivity contribution in [3.05, 3.63) is 71.3 Å². The van der Waals surface area contributed by atoms with E-state index in [2.05, 4.69) is 20.9 Å². The van der Waals surface area contributed by atoms with Gasteiger partial charge in [0.1, 0.15) is 0 Å². The molecular weight excluding hydrogens is 378 g/mol. The van der Waals surface area contributed by atoms with E-state index in [1.165, 1.54) is 5.56 Å². The number of carbonyl (C=O) groups is 2. The molecule has 0 atom stereocenters. The number of nitrogens with one attached hydrogen (secondary N) is 3. The molecule has 0 aliphatic heterocycles. The lowest BCUT2D eigenvalue weighted by Gasteiger charge is -2.13. The molecule has 2 aromatic rings. The van der Waals surface area contributed by atoms with Crippen molar-refractivity contribution in [2.24, 2.45) is 4.99 Å². The Balaban J connectivity index is 1.69. The van der Waals surface area contributed by atoms with E-state index in [1.54, 1.807) is 26.0 Å². The van der Waals surface area contributed by atoms with Crippen LogP contribution in [-0.2, 0) is 17.6 Å². The van der Waals surface area contributed by atoms with Gasteiger partial charge in [-0.15, -0.1) is 0 Å². The number of amides is 2. The molecule has 0 heterocycles. The summed E-state index contributed by atoms with van der Waals surface area (Å²) < 4.78 is 0. The third kappa shape index (κ3) is 7.95. The lowest BCUT2D eigenvalue weighted by Crippen LogP contribution is -2.44. The van der Waals surface area contributed by atoms with Gasteiger partial charge in [0.15, 0.2) is 5.96 Å². The van der Waals surface area contributed by atoms with Gasteiger partial charge >= 0.3 is 0 Å². The number of benzene rings is 2. The van der Waals surface area contributed by atoms with E-state index >= 15 is 0 Å². The lowest BCUT2D eigenvalue weighted by molar-refractivity contribution is -0.119. The molecule has 3 N–H and O–H groups in total. The molecule has 0 fully saturated rings. The van der Waals surface area contributed by atoms with Gasteiger partial charge in [-0.25, -0.2) is 0 Å². The molecule has 0 unspecified atom stereocenters. The fraction of sp³-hybridized carbons (Fsp3) is 0.348. The number of hydrogen-bond acceptors (Lipinski definition) is 3. The molecule has 0 bridgehead atoms. The zero-order valence-electron chi connectivity index (χ0n) is 17.9. The quantitative estimate of drug-likeness (QED) is 0.432. The summed E-state index contributed by atoms with van der Waals surface area (Å²) >= 11 is 0. The summed E-state index contributed by atoms with van der Waals surface area (Å²) in [6.07, 6.45) is 1.54. The maximum Gasteiger partial charge on any atom is 0.253 e. The van der Waals surface area contributed by atoms with Crippen molar-refractivity contribution in [2.75, 3.05) is 40.8 Å². The summed E-state index contributed by atoms with van der Waals surface area (Å²) in [7, 11) is 5.15. The van der Waals surface area contributed by atoms with Gasteiger partial charge in [0.2, 0.25) is 5.91 Å². The molecule has 2 aromatic carbocycles. The molecule has 2 rings (SSSR count). The van der Waals surface area contributed by atoms with Gasteiger partial charge in [-0.1, -0.05) is 42.5 Å². The van der Waals surface area contributed by atoms with Crippen molar-refractivity contribution in [1.29, 1.82) is 0 Å². The first-order valence-corrected chi connectivity index (χ1v) is 10.1. The monoisotopic (exact) mass is 409 g/mol. The van der Waals surface area contributed by atoms with Crippen LogP contribution in [0.4, 0.5) is 0 Å². The Kier molecular flexibility index (Phi) is 9.37. The van der Waals surface area contributed by atoms with Crippen LogP contribution in [0.15, 0.2) is 59.6 Å². The Morgan fingerprint density at radius 2 is 1.53 bits per heavy atom. The summed E-state index contributed by atoms with van der Waals surface area (Å²) in [6.45, 7) is 1.38. The number of guanidine groups is 1. The van der Waals surface area contributed by atoms with E-state index in [4.69, 9.17) is 0 Å². The van der Waals surface area contributed by atoms with Gasteiger partial charge in [0, 0.05) is 39.8 Å². The Morgan fingerprint density at radius 3 is 2.23 bits per heavy atom. The van der Waals surface area contributed by atoms with Crippen molar-refractivity contribution in [1.82, 2.24) is 20.9 Å². The van der Waals surface area contributed by atoms with E-state index in [0.29, 0.717) is 24.6 Å². The van der Waals surface area contributed by atoms with Crippen molar-refractivity contribution in [3.63, 3.8) is 0 Å². The smallest absolute Gasteiger partial charge is 0.253 e. The highest BCUT2D eigenvalue weighted by Crippen LogP contribution is 2.07. The summed E-state index contributed by atoms with van der Waals surface area (Å²) in [5, 5.41) is 9.10. The minimum absolute atomic E-state index is 0.0134. The van der Waals surface area contributed by atoms with E-state index in [0.717, 1.165) is 18.4 Å². The highest BCUT2D eigenvalue weighted by Gasteiger charge is 2.08. The molecule has 2 amide bonds. The fourth-order valence-electron chi connectivity index (χ4n) is 2.88. The molecule has 0 aliphatic carbocycles. The summed E-state index contributed by atoms with van der Waals surface area (Å²) in [6, 6.07) is 17.6. The standard InChI is InChI=1S/C23H31N5O2/c1-24-23(27-17-21(29)25-14-12-18-8-5-4-6-9-18)26-15-13-19-10-7-11-20(16-19)22(30)28(2)3/h4-11,16H,12-15,17H2,1-3H3,(H,25,29)(H2,24,26,27). The van der Waals surface area contributed by atoms with Crippen LogP contribution in [0.2, 0.25) is 0 Å². The van der Waals surface area contributed by atoms with E-state index in [-0.39, 0.29) is 18.4 Å². The predicted octanol–water partition coefficient (Wildman–Crippen LogP) is 1.45. The van der Waals surface area contributed by atoms with Crippen LogP contribution in [0.3, 0.4) is 0 Å². The lowest BCUT2D eigenvalue weighted by atomic mass is 10.1. The Morgan fingerprint density at radius 1 is 0.867 bits per heavy atom. The van der Waals surface area contributed by atoms with Crippen LogP contribution in [0.25, 0.3) is 0 Å². The summed E-state index contributed by atoms with van der Waals surface area (Å²) in [4.78, 5) is 29.8. The van der Waals surface area contributed by atoms with Gasteiger partial charge in [-0.3, -0.25) is 14.6 Å². The van der Waals surface area contributed by atoms with Gasteiger partial charge in [0.05, 0.1) is 6.54 Å². The number of carbonyl (C=O) groups excluding carboxylic acids is 2. The summed E-state index contributed by atoms with van der Waals surface area (Å²) in [5.74, 6) is 0.470. The molecule has 0 radical (unpaired) electrons. The molecule has 0 aromatic heterocycles. The highest BCUT2D eigenvalue weighted by atomic mass is 16.2. The molecule has 0 spiro atoms. The topological polar surface area (TPSA) is 85.8 Å². The first kappa shape index (κ1) is 22.9. The fourth-order valence-corrected chi connectivity index (χ4v) is 2.88. The first-order valence-electron chi connectivity index (χ1n) is 10.1. The molecule has 160 valence electrons. The summed E-state index contributed by atoms with van der Waals surface area (Å²) in [5.41, 5.74) is 2.93. The van der Waals surface area contributed by atoms with Crippen molar-refractivity contribution < 1.29 is 9.59 Å².